The first kappa shape index (κ1) is 18.8. The van der Waals surface area contributed by atoms with Gasteiger partial charge in [-0.05, 0) is 44.2 Å². The summed E-state index contributed by atoms with van der Waals surface area (Å²) in [6.07, 6.45) is 4.08. The fourth-order valence-electron chi connectivity index (χ4n) is 2.63. The van der Waals surface area contributed by atoms with Gasteiger partial charge >= 0.3 is 0 Å². The molecule has 0 aliphatic heterocycles. The van der Waals surface area contributed by atoms with Gasteiger partial charge in [0.1, 0.15) is 5.69 Å². The lowest BCUT2D eigenvalue weighted by Crippen LogP contribution is -2.42. The number of aromatic nitrogens is 5. The highest BCUT2D eigenvalue weighted by Crippen LogP contribution is 2.17. The van der Waals surface area contributed by atoms with Gasteiger partial charge in [0.15, 0.2) is 0 Å². The summed E-state index contributed by atoms with van der Waals surface area (Å²) in [5, 5.41) is 5.04. The molecular formula is C17H19N7O2S. The van der Waals surface area contributed by atoms with Gasteiger partial charge in [-0.15, -0.1) is 5.10 Å². The molecule has 0 atom stereocenters. The van der Waals surface area contributed by atoms with Crippen molar-refractivity contribution in [3.8, 4) is 0 Å². The van der Waals surface area contributed by atoms with Crippen molar-refractivity contribution in [3.63, 3.8) is 0 Å². The van der Waals surface area contributed by atoms with Crippen molar-refractivity contribution in [2.75, 3.05) is 6.26 Å². The Morgan fingerprint density at radius 3 is 2.70 bits per heavy atom. The number of thioether (sulfide) groups is 1. The van der Waals surface area contributed by atoms with Gasteiger partial charge in [0.05, 0.1) is 0 Å². The van der Waals surface area contributed by atoms with Crippen molar-refractivity contribution in [3.05, 3.63) is 47.0 Å². The van der Waals surface area contributed by atoms with Gasteiger partial charge in [0.25, 0.3) is 11.7 Å². The summed E-state index contributed by atoms with van der Waals surface area (Å²) in [5.74, 6) is -0.224. The number of hydrogen-bond acceptors (Lipinski definition) is 7. The maximum absolute atomic E-state index is 12.1. The van der Waals surface area contributed by atoms with Crippen LogP contribution in [-0.4, -0.2) is 42.6 Å². The van der Waals surface area contributed by atoms with E-state index < -0.39 is 5.91 Å². The zero-order valence-corrected chi connectivity index (χ0v) is 16.0. The van der Waals surface area contributed by atoms with Gasteiger partial charge in [-0.2, -0.15) is 4.98 Å². The average Bonchev–Trinajstić information content (AvgIpc) is 3.10. The minimum absolute atomic E-state index is 0.196. The standard InChI is InChI=1S/C17H19N7O2S/c1-10-12(11(2)24-16(19-10)20-17(23-24)27-3)7-8-14(25)21-22-15(26)13-6-4-5-9-18-13/h4-6,9H,7-8H2,1-3H3,(H,21,25)(H,22,26). The van der Waals surface area contributed by atoms with E-state index in [1.165, 1.54) is 18.0 Å². The van der Waals surface area contributed by atoms with Crippen molar-refractivity contribution < 1.29 is 9.59 Å². The lowest BCUT2D eigenvalue weighted by atomic mass is 10.1. The number of nitrogens with zero attached hydrogens (tertiary/aromatic N) is 5. The van der Waals surface area contributed by atoms with Crippen LogP contribution in [0.25, 0.3) is 5.78 Å². The third kappa shape index (κ3) is 4.22. The molecule has 10 heteroatoms. The van der Waals surface area contributed by atoms with Crippen molar-refractivity contribution in [2.45, 2.75) is 31.8 Å². The predicted molar refractivity (Wildman–Crippen MR) is 100 cm³/mol. The smallest absolute Gasteiger partial charge is 0.273 e. The number of hydrogen-bond donors (Lipinski definition) is 2. The minimum Gasteiger partial charge on any atom is -0.273 e. The Bertz CT molecular complexity index is 988. The normalized spacial score (nSPS) is 10.8. The van der Waals surface area contributed by atoms with Crippen LogP contribution in [0.5, 0.6) is 0 Å². The molecule has 3 aromatic heterocycles. The molecule has 0 fully saturated rings. The molecule has 3 aromatic rings. The molecule has 2 amide bonds. The maximum Gasteiger partial charge on any atom is 0.288 e. The lowest BCUT2D eigenvalue weighted by Gasteiger charge is -2.11. The minimum atomic E-state index is -0.466. The fourth-order valence-corrected chi connectivity index (χ4v) is 2.96. The average molecular weight is 385 g/mol. The summed E-state index contributed by atoms with van der Waals surface area (Å²) in [4.78, 5) is 36.7. The van der Waals surface area contributed by atoms with E-state index in [4.69, 9.17) is 0 Å². The van der Waals surface area contributed by atoms with Crippen molar-refractivity contribution >= 4 is 29.4 Å². The number of amides is 2. The van der Waals surface area contributed by atoms with E-state index in [9.17, 15) is 9.59 Å². The number of carbonyl (C=O) groups excluding carboxylic acids is 2. The number of fused-ring (bicyclic) bond motifs is 1. The summed E-state index contributed by atoms with van der Waals surface area (Å²) in [5.41, 5.74) is 7.64. The number of pyridine rings is 1. The Labute approximate surface area is 160 Å². The highest BCUT2D eigenvalue weighted by atomic mass is 32.2. The van der Waals surface area contributed by atoms with E-state index in [1.54, 1.807) is 22.7 Å². The fraction of sp³-hybridized carbons (Fsp3) is 0.294. The molecule has 0 aromatic carbocycles. The van der Waals surface area contributed by atoms with Gasteiger partial charge in [-0.3, -0.25) is 25.4 Å². The van der Waals surface area contributed by atoms with E-state index >= 15 is 0 Å². The molecule has 0 bridgehead atoms. The monoisotopic (exact) mass is 385 g/mol. The molecular weight excluding hydrogens is 366 g/mol. The first-order chi connectivity index (χ1) is 13.0. The highest BCUT2D eigenvalue weighted by Gasteiger charge is 2.15. The van der Waals surface area contributed by atoms with Crippen LogP contribution < -0.4 is 10.9 Å². The highest BCUT2D eigenvalue weighted by molar-refractivity contribution is 7.98. The van der Waals surface area contributed by atoms with Gasteiger partial charge in [0.2, 0.25) is 11.1 Å². The lowest BCUT2D eigenvalue weighted by molar-refractivity contribution is -0.121. The summed E-state index contributed by atoms with van der Waals surface area (Å²) >= 11 is 1.45. The molecule has 0 aliphatic carbocycles. The summed E-state index contributed by atoms with van der Waals surface area (Å²) in [6.45, 7) is 3.81. The number of carbonyl (C=O) groups is 2. The molecule has 0 aliphatic rings. The molecule has 0 spiro atoms. The first-order valence-corrected chi connectivity index (χ1v) is 9.49. The van der Waals surface area contributed by atoms with E-state index in [1.807, 2.05) is 20.1 Å². The van der Waals surface area contributed by atoms with Crippen molar-refractivity contribution in [1.29, 1.82) is 0 Å². The number of nitrogens with one attached hydrogen (secondary N) is 2. The van der Waals surface area contributed by atoms with Gasteiger partial charge in [-0.1, -0.05) is 17.8 Å². The molecule has 0 radical (unpaired) electrons. The first-order valence-electron chi connectivity index (χ1n) is 8.26. The van der Waals surface area contributed by atoms with Crippen molar-refractivity contribution in [2.24, 2.45) is 0 Å². The quantitative estimate of drug-likeness (QED) is 0.502. The van der Waals surface area contributed by atoms with Gasteiger partial charge < -0.3 is 0 Å². The number of hydrazine groups is 1. The number of rotatable bonds is 5. The summed E-state index contributed by atoms with van der Waals surface area (Å²) in [7, 11) is 0. The van der Waals surface area contributed by atoms with E-state index in [2.05, 4.69) is 30.9 Å². The van der Waals surface area contributed by atoms with E-state index in [0.717, 1.165) is 17.0 Å². The second kappa shape index (κ2) is 8.12. The molecule has 140 valence electrons. The third-order valence-corrected chi connectivity index (χ3v) is 4.57. The Kier molecular flexibility index (Phi) is 5.65. The maximum atomic E-state index is 12.1. The summed E-state index contributed by atoms with van der Waals surface area (Å²) in [6, 6.07) is 4.98. The molecule has 0 saturated carbocycles. The third-order valence-electron chi connectivity index (χ3n) is 4.03. The molecule has 3 rings (SSSR count). The van der Waals surface area contributed by atoms with Gasteiger partial charge in [-0.25, -0.2) is 9.50 Å². The van der Waals surface area contributed by atoms with Crippen LogP contribution in [0.4, 0.5) is 0 Å². The SMILES string of the molecule is CSc1nc2nc(C)c(CCC(=O)NNC(=O)c3ccccn3)c(C)n2n1. The number of aryl methyl sites for hydroxylation is 2. The second-order valence-electron chi connectivity index (χ2n) is 5.79. The Morgan fingerprint density at radius 1 is 1.19 bits per heavy atom. The molecule has 0 saturated heterocycles. The summed E-state index contributed by atoms with van der Waals surface area (Å²) < 4.78 is 1.69. The Balaban J connectivity index is 1.62. The predicted octanol–water partition coefficient (Wildman–Crippen LogP) is 1.25. The Morgan fingerprint density at radius 2 is 2.00 bits per heavy atom. The molecule has 3 heterocycles. The zero-order chi connectivity index (χ0) is 19.4. The largest absolute Gasteiger partial charge is 0.288 e. The Hall–Kier alpha value is -3.01. The molecule has 2 N–H and O–H groups in total. The second-order valence-corrected chi connectivity index (χ2v) is 6.56. The molecule has 9 nitrogen and oxygen atoms in total. The van der Waals surface area contributed by atoms with Gasteiger partial charge in [0, 0.05) is 24.0 Å². The van der Waals surface area contributed by atoms with Crippen molar-refractivity contribution in [1.82, 2.24) is 35.4 Å². The van der Waals surface area contributed by atoms with Crippen LogP contribution >= 0.6 is 11.8 Å². The topological polar surface area (TPSA) is 114 Å². The van der Waals surface area contributed by atoms with E-state index in [0.29, 0.717) is 17.4 Å². The van der Waals surface area contributed by atoms with Crippen LogP contribution in [0.15, 0.2) is 29.6 Å². The van der Waals surface area contributed by atoms with Crippen LogP contribution in [0.3, 0.4) is 0 Å². The van der Waals surface area contributed by atoms with Crippen LogP contribution in [0.1, 0.15) is 33.9 Å². The van der Waals surface area contributed by atoms with Crippen LogP contribution in [0.2, 0.25) is 0 Å². The molecule has 27 heavy (non-hydrogen) atoms. The van der Waals surface area contributed by atoms with Crippen LogP contribution in [-0.2, 0) is 11.2 Å². The van der Waals surface area contributed by atoms with Crippen LogP contribution in [0, 0.1) is 13.8 Å². The van der Waals surface area contributed by atoms with E-state index in [-0.39, 0.29) is 18.0 Å². The zero-order valence-electron chi connectivity index (χ0n) is 15.2. The molecule has 0 unspecified atom stereocenters.